The monoisotopic (exact) mass is 147 g/mol. The van der Waals surface area contributed by atoms with Gasteiger partial charge in [-0.1, -0.05) is 6.92 Å². The van der Waals surface area contributed by atoms with Crippen molar-refractivity contribution in [2.45, 2.75) is 32.6 Å². The summed E-state index contributed by atoms with van der Waals surface area (Å²) in [5, 5.41) is 0. The molecule has 10 heavy (non-hydrogen) atoms. The first-order valence-electron chi connectivity index (χ1n) is 3.81. The van der Waals surface area contributed by atoms with Crippen LogP contribution < -0.4 is 0 Å². The molecule has 1 aliphatic rings. The van der Waals surface area contributed by atoms with Crippen molar-refractivity contribution in [1.82, 2.24) is 0 Å². The van der Waals surface area contributed by atoms with Crippen LogP contribution in [-0.2, 0) is 0 Å². The summed E-state index contributed by atoms with van der Waals surface area (Å²) in [6.45, 7) is 2.03. The fraction of sp³-hybridized carbons (Fsp3) is 0.875. The molecule has 1 aliphatic carbocycles. The molecule has 0 nitrogen and oxygen atoms in total. The first-order valence-corrected chi connectivity index (χ1v) is 3.81. The number of hydrogen-bond donors (Lipinski definition) is 0. The van der Waals surface area contributed by atoms with Crippen LogP contribution in [-0.4, -0.2) is 6.43 Å². The van der Waals surface area contributed by atoms with Crippen LogP contribution in [0.5, 0.6) is 0 Å². The van der Waals surface area contributed by atoms with E-state index < -0.39 is 6.43 Å². The lowest BCUT2D eigenvalue weighted by atomic mass is 10.0. The highest BCUT2D eigenvalue weighted by Gasteiger charge is 2.27. The van der Waals surface area contributed by atoms with Crippen molar-refractivity contribution in [2.75, 3.05) is 0 Å². The Kier molecular flexibility index (Phi) is 2.64. The van der Waals surface area contributed by atoms with Gasteiger partial charge in [0.2, 0.25) is 6.43 Å². The number of hydrogen-bond acceptors (Lipinski definition) is 0. The van der Waals surface area contributed by atoms with Crippen molar-refractivity contribution in [3.05, 3.63) is 6.42 Å². The van der Waals surface area contributed by atoms with Crippen molar-refractivity contribution >= 4 is 0 Å². The third-order valence-corrected chi connectivity index (χ3v) is 2.05. The van der Waals surface area contributed by atoms with Crippen molar-refractivity contribution in [1.29, 1.82) is 0 Å². The lowest BCUT2D eigenvalue weighted by Gasteiger charge is -2.07. The lowest BCUT2D eigenvalue weighted by Crippen LogP contribution is -2.01. The average molecular weight is 147 g/mol. The zero-order valence-corrected chi connectivity index (χ0v) is 6.19. The third-order valence-electron chi connectivity index (χ3n) is 2.05. The first kappa shape index (κ1) is 7.96. The standard InChI is InChI=1S/C8H13F2/c1-6(7-3-4-7)2-5-8(9)10/h2,6-8H,3-5H2,1H3. The van der Waals surface area contributed by atoms with E-state index in [1.165, 1.54) is 12.8 Å². The van der Waals surface area contributed by atoms with Gasteiger partial charge in [-0.15, -0.1) is 0 Å². The number of alkyl halides is 2. The van der Waals surface area contributed by atoms with Gasteiger partial charge in [0.1, 0.15) is 0 Å². The average Bonchev–Trinajstić information content (AvgIpc) is 2.63. The summed E-state index contributed by atoms with van der Waals surface area (Å²) in [5.74, 6) is 1.13. The smallest absolute Gasteiger partial charge is 0.211 e. The fourth-order valence-electron chi connectivity index (χ4n) is 1.13. The highest BCUT2D eigenvalue weighted by Crippen LogP contribution is 2.38. The number of halogens is 2. The Bertz CT molecular complexity index is 97.4. The van der Waals surface area contributed by atoms with Crippen LogP contribution in [0.3, 0.4) is 0 Å². The molecule has 0 spiro atoms. The Morgan fingerprint density at radius 3 is 2.50 bits per heavy atom. The molecule has 1 atom stereocenters. The summed E-state index contributed by atoms with van der Waals surface area (Å²) in [6.07, 6.45) is 2.04. The lowest BCUT2D eigenvalue weighted by molar-refractivity contribution is 0.143. The Balaban J connectivity index is 2.00. The molecule has 0 aliphatic heterocycles. The second-order valence-corrected chi connectivity index (χ2v) is 3.06. The molecule has 0 aromatic heterocycles. The second-order valence-electron chi connectivity index (χ2n) is 3.06. The van der Waals surface area contributed by atoms with E-state index in [1.54, 1.807) is 6.42 Å². The van der Waals surface area contributed by atoms with Crippen LogP contribution >= 0.6 is 0 Å². The topological polar surface area (TPSA) is 0 Å². The minimum Gasteiger partial charge on any atom is -0.211 e. The zero-order chi connectivity index (χ0) is 7.56. The summed E-state index contributed by atoms with van der Waals surface area (Å²) in [6, 6.07) is 0. The van der Waals surface area contributed by atoms with Crippen LogP contribution in [0, 0.1) is 18.3 Å². The zero-order valence-electron chi connectivity index (χ0n) is 6.19. The maximum absolute atomic E-state index is 11.6. The van der Waals surface area contributed by atoms with Gasteiger partial charge in [-0.2, -0.15) is 0 Å². The van der Waals surface area contributed by atoms with E-state index in [1.807, 2.05) is 6.92 Å². The van der Waals surface area contributed by atoms with E-state index in [0.717, 1.165) is 5.92 Å². The van der Waals surface area contributed by atoms with Gasteiger partial charge >= 0.3 is 0 Å². The van der Waals surface area contributed by atoms with E-state index in [2.05, 4.69) is 0 Å². The first-order chi connectivity index (χ1) is 4.70. The molecule has 1 saturated carbocycles. The molecule has 0 heterocycles. The summed E-state index contributed by atoms with van der Waals surface area (Å²) >= 11 is 0. The number of rotatable bonds is 4. The Morgan fingerprint density at radius 1 is 1.50 bits per heavy atom. The second kappa shape index (κ2) is 3.31. The molecule has 1 rings (SSSR count). The predicted molar refractivity (Wildman–Crippen MR) is 36.8 cm³/mol. The maximum Gasteiger partial charge on any atom is 0.238 e. The minimum absolute atomic E-state index is 0.0301. The Labute approximate surface area is 60.6 Å². The van der Waals surface area contributed by atoms with Crippen molar-refractivity contribution in [3.63, 3.8) is 0 Å². The van der Waals surface area contributed by atoms with Crippen LogP contribution in [0.4, 0.5) is 8.78 Å². The van der Waals surface area contributed by atoms with Gasteiger partial charge in [-0.3, -0.25) is 0 Å². The molecule has 0 aromatic carbocycles. The van der Waals surface area contributed by atoms with E-state index >= 15 is 0 Å². The Hall–Kier alpha value is -0.140. The summed E-state index contributed by atoms with van der Waals surface area (Å²) in [4.78, 5) is 0. The highest BCUT2D eigenvalue weighted by atomic mass is 19.3. The van der Waals surface area contributed by atoms with Gasteiger partial charge in [-0.05, 0) is 31.1 Å². The van der Waals surface area contributed by atoms with Crippen LogP contribution in [0.15, 0.2) is 0 Å². The molecule has 59 valence electrons. The molecule has 2 heteroatoms. The SMILES string of the molecule is CC([CH]CC(F)F)C1CC1. The molecular formula is C8H13F2. The predicted octanol–water partition coefficient (Wildman–Crippen LogP) is 2.89. The van der Waals surface area contributed by atoms with Gasteiger partial charge < -0.3 is 0 Å². The van der Waals surface area contributed by atoms with Crippen LogP contribution in [0.25, 0.3) is 0 Å². The van der Waals surface area contributed by atoms with Crippen LogP contribution in [0.1, 0.15) is 26.2 Å². The normalized spacial score (nSPS) is 21.6. The van der Waals surface area contributed by atoms with Gasteiger partial charge in [0.15, 0.2) is 0 Å². The quantitative estimate of drug-likeness (QED) is 0.573. The maximum atomic E-state index is 11.6. The van der Waals surface area contributed by atoms with Gasteiger partial charge in [-0.25, -0.2) is 8.78 Å². The third kappa shape index (κ3) is 2.63. The van der Waals surface area contributed by atoms with Crippen molar-refractivity contribution in [2.24, 2.45) is 11.8 Å². The summed E-state index contributed by atoms with van der Waals surface area (Å²) < 4.78 is 23.3. The van der Waals surface area contributed by atoms with E-state index in [-0.39, 0.29) is 6.42 Å². The highest BCUT2D eigenvalue weighted by molar-refractivity contribution is 4.87. The van der Waals surface area contributed by atoms with Crippen molar-refractivity contribution in [3.8, 4) is 0 Å². The fourth-order valence-corrected chi connectivity index (χ4v) is 1.13. The molecular weight excluding hydrogens is 134 g/mol. The summed E-state index contributed by atoms with van der Waals surface area (Å²) in [5.41, 5.74) is 0. The van der Waals surface area contributed by atoms with Gasteiger partial charge in [0, 0.05) is 6.42 Å². The molecule has 1 unspecified atom stereocenters. The molecule has 0 aromatic rings. The molecule has 0 bridgehead atoms. The minimum atomic E-state index is -2.15. The molecule has 0 amide bonds. The van der Waals surface area contributed by atoms with Gasteiger partial charge in [0.25, 0.3) is 0 Å². The molecule has 0 N–H and O–H groups in total. The molecule has 1 radical (unpaired) electrons. The molecule has 0 saturated heterocycles. The van der Waals surface area contributed by atoms with E-state index in [0.29, 0.717) is 5.92 Å². The molecule has 1 fully saturated rings. The van der Waals surface area contributed by atoms with Gasteiger partial charge in [0.05, 0.1) is 0 Å². The van der Waals surface area contributed by atoms with E-state index in [4.69, 9.17) is 0 Å². The van der Waals surface area contributed by atoms with Crippen LogP contribution in [0.2, 0.25) is 0 Å². The van der Waals surface area contributed by atoms with E-state index in [9.17, 15) is 8.78 Å². The van der Waals surface area contributed by atoms with Crippen molar-refractivity contribution < 1.29 is 8.78 Å². The Morgan fingerprint density at radius 2 is 2.10 bits per heavy atom. The summed E-state index contributed by atoms with van der Waals surface area (Å²) in [7, 11) is 0. The largest absolute Gasteiger partial charge is 0.238 e.